The molecule has 3 aromatic rings. The molecule has 2 aliphatic rings. The molecule has 2 aromatic carbocycles. The SMILES string of the molecule is CC1CN(Cc2ccc(Nc3nccc(-c4cc(C#N)c5c(c4)C(C)(CO[Si](C)(C)C(C)(C)C)CN5[B]C=O)n3)cc2C(F)(F)F)CC(C)N1C. The van der Waals surface area contributed by atoms with E-state index in [1.54, 1.807) is 23.0 Å². The number of nitrogens with zero attached hydrogens (tertiary/aromatic N) is 6. The van der Waals surface area contributed by atoms with E-state index in [4.69, 9.17) is 4.43 Å². The van der Waals surface area contributed by atoms with Crippen LogP contribution in [0.25, 0.3) is 11.3 Å². The molecule has 1 N–H and O–H groups in total. The van der Waals surface area contributed by atoms with Gasteiger partial charge in [-0.1, -0.05) is 33.8 Å². The van der Waals surface area contributed by atoms with Crippen LogP contribution in [-0.4, -0.2) is 87.1 Å². The second-order valence-electron chi connectivity index (χ2n) is 15.9. The molecular weight excluding hydrogens is 670 g/mol. The Morgan fingerprint density at radius 3 is 2.43 bits per heavy atom. The van der Waals surface area contributed by atoms with Crippen LogP contribution in [0.5, 0.6) is 0 Å². The molecule has 5 rings (SSSR count). The molecule has 51 heavy (non-hydrogen) atoms. The summed E-state index contributed by atoms with van der Waals surface area (Å²) in [6, 6.07) is 12.4. The van der Waals surface area contributed by atoms with Gasteiger partial charge in [-0.05, 0) is 80.5 Å². The van der Waals surface area contributed by atoms with Gasteiger partial charge in [0.15, 0.2) is 8.32 Å². The van der Waals surface area contributed by atoms with Gasteiger partial charge in [-0.15, -0.1) is 0 Å². The molecule has 14 heteroatoms. The van der Waals surface area contributed by atoms with Gasteiger partial charge in [0, 0.05) is 73.4 Å². The number of nitrogens with one attached hydrogen (secondary N) is 1. The lowest BCUT2D eigenvalue weighted by molar-refractivity contribution is -0.138. The number of rotatable bonds is 10. The second kappa shape index (κ2) is 14.3. The van der Waals surface area contributed by atoms with Gasteiger partial charge in [-0.2, -0.15) is 18.4 Å². The highest BCUT2D eigenvalue weighted by Gasteiger charge is 2.45. The minimum absolute atomic E-state index is 0.00731. The number of hydrogen-bond acceptors (Lipinski definition) is 9. The first-order chi connectivity index (χ1) is 23.8. The molecular formula is C37H48BF3N7O2Si. The summed E-state index contributed by atoms with van der Waals surface area (Å²) in [6.45, 7) is 19.6. The van der Waals surface area contributed by atoms with E-state index >= 15 is 0 Å². The molecule has 0 aliphatic carbocycles. The quantitative estimate of drug-likeness (QED) is 0.172. The number of aromatic nitrogens is 2. The fourth-order valence-corrected chi connectivity index (χ4v) is 7.82. The Hall–Kier alpha value is -3.77. The number of carbonyl (C=O) groups is 1. The van der Waals surface area contributed by atoms with E-state index in [1.165, 1.54) is 19.7 Å². The zero-order valence-corrected chi connectivity index (χ0v) is 32.0. The summed E-state index contributed by atoms with van der Waals surface area (Å²) >= 11 is 0. The Morgan fingerprint density at radius 1 is 1.14 bits per heavy atom. The first kappa shape index (κ1) is 38.5. The van der Waals surface area contributed by atoms with Crippen molar-refractivity contribution >= 4 is 39.2 Å². The molecule has 3 unspecified atom stereocenters. The first-order valence-electron chi connectivity index (χ1n) is 17.3. The molecule has 9 nitrogen and oxygen atoms in total. The predicted molar refractivity (Wildman–Crippen MR) is 199 cm³/mol. The molecule has 1 radical (unpaired) electrons. The molecule has 0 bridgehead atoms. The number of fused-ring (bicyclic) bond motifs is 1. The number of alkyl halides is 3. The maximum absolute atomic E-state index is 14.4. The molecule has 3 heterocycles. The second-order valence-corrected chi connectivity index (χ2v) is 20.7. The Kier molecular flexibility index (Phi) is 10.8. The van der Waals surface area contributed by atoms with Crippen LogP contribution in [0.1, 0.15) is 63.8 Å². The summed E-state index contributed by atoms with van der Waals surface area (Å²) in [6.07, 6.45) is -2.30. The number of carbonyl (C=O) groups excluding carboxylic acids is 1. The van der Waals surface area contributed by atoms with E-state index in [1.807, 2.05) is 13.1 Å². The molecule has 0 amide bonds. The predicted octanol–water partition coefficient (Wildman–Crippen LogP) is 7.21. The van der Waals surface area contributed by atoms with Crippen molar-refractivity contribution in [1.82, 2.24) is 19.8 Å². The maximum Gasteiger partial charge on any atom is 0.416 e. The summed E-state index contributed by atoms with van der Waals surface area (Å²) in [5, 5.41) is 13.2. The highest BCUT2D eigenvalue weighted by atomic mass is 28.4. The Bertz CT molecular complexity index is 1800. The van der Waals surface area contributed by atoms with Gasteiger partial charge in [0.2, 0.25) is 5.95 Å². The summed E-state index contributed by atoms with van der Waals surface area (Å²) < 4.78 is 49.8. The third-order valence-corrected chi connectivity index (χ3v) is 15.4. The van der Waals surface area contributed by atoms with E-state index < -0.39 is 25.5 Å². The molecule has 271 valence electrons. The molecule has 1 aromatic heterocycles. The van der Waals surface area contributed by atoms with Crippen molar-refractivity contribution in [2.45, 2.75) is 89.9 Å². The zero-order chi connectivity index (χ0) is 37.5. The zero-order valence-electron chi connectivity index (χ0n) is 31.0. The lowest BCUT2D eigenvalue weighted by atomic mass is 9.83. The lowest BCUT2D eigenvalue weighted by Crippen LogP contribution is -2.54. The van der Waals surface area contributed by atoms with Crippen molar-refractivity contribution in [3.8, 4) is 17.3 Å². The smallest absolute Gasteiger partial charge is 0.416 e. The number of hydrogen-bond donors (Lipinski definition) is 1. The molecule has 1 saturated heterocycles. The fraction of sp³-hybridized carbons (Fsp3) is 0.514. The van der Waals surface area contributed by atoms with Gasteiger partial charge in [0.25, 0.3) is 0 Å². The standard InChI is InChI=1S/C37H48BF3N7O2Si/c1-24-18-47(19-25(2)46(24)7)20-26-10-11-29(16-30(26)37(39,40)41)44-34-43-13-12-32(45-34)27-14-28(17-42)33-31(15-27)36(6,21-48(33)38-23-49)22-50-51(8,9)35(3,4)5/h10-16,23-25H,18-22H2,1-9H3,(H,43,44,45). The largest absolute Gasteiger partial charge is 0.416 e. The third kappa shape index (κ3) is 8.17. The Morgan fingerprint density at radius 2 is 1.82 bits per heavy atom. The molecule has 0 saturated carbocycles. The van der Waals surface area contributed by atoms with Gasteiger partial charge in [-0.3, -0.25) is 9.80 Å². The monoisotopic (exact) mass is 718 g/mol. The molecule has 1 fully saturated rings. The van der Waals surface area contributed by atoms with E-state index in [0.717, 1.165) is 11.6 Å². The normalized spacial score (nSPS) is 21.7. The van der Waals surface area contributed by atoms with E-state index in [2.05, 4.69) is 85.8 Å². The average Bonchev–Trinajstić information content (AvgIpc) is 3.33. The van der Waals surface area contributed by atoms with Crippen LogP contribution in [0, 0.1) is 11.3 Å². The third-order valence-electron chi connectivity index (χ3n) is 10.9. The lowest BCUT2D eigenvalue weighted by Gasteiger charge is -2.42. The number of halogens is 3. The minimum atomic E-state index is -4.55. The van der Waals surface area contributed by atoms with E-state index in [0.29, 0.717) is 54.9 Å². The number of anilines is 3. The fourth-order valence-electron chi connectivity index (χ4n) is 6.71. The van der Waals surface area contributed by atoms with Crippen LogP contribution in [0.15, 0.2) is 42.6 Å². The van der Waals surface area contributed by atoms with E-state index in [-0.39, 0.29) is 40.9 Å². The van der Waals surface area contributed by atoms with Gasteiger partial charge in [-0.25, -0.2) is 9.97 Å². The van der Waals surface area contributed by atoms with Crippen molar-refractivity contribution in [3.63, 3.8) is 0 Å². The number of benzene rings is 2. The first-order valence-corrected chi connectivity index (χ1v) is 20.2. The topological polar surface area (TPSA) is 97.6 Å². The van der Waals surface area contributed by atoms with Crippen LogP contribution in [-0.2, 0) is 27.4 Å². The average molecular weight is 719 g/mol. The van der Waals surface area contributed by atoms with Crippen molar-refractivity contribution < 1.29 is 22.4 Å². The van der Waals surface area contributed by atoms with Gasteiger partial charge < -0.3 is 19.3 Å². The number of piperazine rings is 1. The summed E-state index contributed by atoms with van der Waals surface area (Å²) in [5.41, 5.74) is 2.21. The molecule has 3 atom stereocenters. The van der Waals surface area contributed by atoms with Crippen LogP contribution in [0.3, 0.4) is 0 Å². The van der Waals surface area contributed by atoms with Crippen molar-refractivity contribution in [2.24, 2.45) is 0 Å². The highest BCUT2D eigenvalue weighted by Crippen LogP contribution is 2.46. The highest BCUT2D eigenvalue weighted by molar-refractivity contribution is 6.74. The minimum Gasteiger partial charge on any atom is -0.416 e. The molecule has 0 spiro atoms. The number of nitriles is 1. The van der Waals surface area contributed by atoms with Crippen molar-refractivity contribution in [2.75, 3.05) is 43.4 Å². The van der Waals surface area contributed by atoms with Gasteiger partial charge in [0.05, 0.1) is 16.8 Å². The Balaban J connectivity index is 1.45. The summed E-state index contributed by atoms with van der Waals surface area (Å²) in [4.78, 5) is 26.7. The van der Waals surface area contributed by atoms with Gasteiger partial charge >= 0.3 is 13.6 Å². The maximum atomic E-state index is 14.4. The Labute approximate surface area is 301 Å². The van der Waals surface area contributed by atoms with E-state index in [9.17, 15) is 23.2 Å². The molecule has 2 aliphatic heterocycles. The van der Waals surface area contributed by atoms with Crippen LogP contribution in [0.2, 0.25) is 18.1 Å². The van der Waals surface area contributed by atoms with Crippen molar-refractivity contribution in [3.05, 3.63) is 64.8 Å². The summed E-state index contributed by atoms with van der Waals surface area (Å²) in [7, 11) is 1.35. The van der Waals surface area contributed by atoms with Crippen LogP contribution < -0.4 is 10.1 Å². The number of likely N-dealkylation sites (N-methyl/N-ethyl adjacent to an activating group) is 1. The van der Waals surface area contributed by atoms with Crippen LogP contribution >= 0.6 is 0 Å². The van der Waals surface area contributed by atoms with Crippen LogP contribution in [0.4, 0.5) is 30.5 Å². The van der Waals surface area contributed by atoms with Gasteiger partial charge in [0.1, 0.15) is 12.3 Å². The van der Waals surface area contributed by atoms with Crippen molar-refractivity contribution in [1.29, 1.82) is 5.26 Å². The summed E-state index contributed by atoms with van der Waals surface area (Å²) in [5.74, 6) is 0.119.